The summed E-state index contributed by atoms with van der Waals surface area (Å²) in [6, 6.07) is -5.37. The molecule has 16 heteroatoms. The van der Waals surface area contributed by atoms with Gasteiger partial charge in [-0.25, -0.2) is 9.78 Å². The first kappa shape index (κ1) is 30.4. The molecule has 0 saturated carbocycles. The SMILES string of the molecule is CSCCC(N)C(=O)NC(CCC(=O)O)C(=O)NC(CC(N)=O)C(=O)NC(Cc1cnc[nH]1)C(=O)O. The molecule has 0 aliphatic heterocycles. The number of carbonyl (C=O) groups is 6. The lowest BCUT2D eigenvalue weighted by Crippen LogP contribution is -2.58. The Labute approximate surface area is 210 Å². The van der Waals surface area contributed by atoms with Gasteiger partial charge >= 0.3 is 11.9 Å². The number of hydrogen-bond acceptors (Lipinski definition) is 9. The van der Waals surface area contributed by atoms with E-state index in [1.807, 2.05) is 6.26 Å². The first-order chi connectivity index (χ1) is 16.9. The van der Waals surface area contributed by atoms with Crippen LogP contribution in [0.4, 0.5) is 0 Å². The highest BCUT2D eigenvalue weighted by Gasteiger charge is 2.31. The van der Waals surface area contributed by atoms with Crippen LogP contribution in [0, 0.1) is 0 Å². The first-order valence-corrected chi connectivity index (χ1v) is 12.2. The highest BCUT2D eigenvalue weighted by Crippen LogP contribution is 2.05. The summed E-state index contributed by atoms with van der Waals surface area (Å²) in [4.78, 5) is 78.6. The number of nitrogens with zero attached hydrogens (tertiary/aromatic N) is 1. The van der Waals surface area contributed by atoms with Gasteiger partial charge in [-0.1, -0.05) is 0 Å². The van der Waals surface area contributed by atoms with Crippen molar-refractivity contribution in [2.75, 3.05) is 12.0 Å². The Morgan fingerprint density at radius 2 is 1.61 bits per heavy atom. The third-order valence-electron chi connectivity index (χ3n) is 4.88. The fourth-order valence-corrected chi connectivity index (χ4v) is 3.45. The lowest BCUT2D eigenvalue weighted by atomic mass is 10.1. The number of nitrogens with one attached hydrogen (secondary N) is 4. The quantitative estimate of drug-likeness (QED) is 0.103. The Balaban J connectivity index is 2.99. The van der Waals surface area contributed by atoms with Gasteiger partial charge in [0.15, 0.2) is 0 Å². The molecule has 0 fully saturated rings. The summed E-state index contributed by atoms with van der Waals surface area (Å²) in [5, 5.41) is 25.3. The molecule has 200 valence electrons. The van der Waals surface area contributed by atoms with Crippen LogP contribution < -0.4 is 27.4 Å². The molecule has 10 N–H and O–H groups in total. The fourth-order valence-electron chi connectivity index (χ4n) is 2.96. The van der Waals surface area contributed by atoms with Crippen molar-refractivity contribution in [1.29, 1.82) is 0 Å². The van der Waals surface area contributed by atoms with Crippen LogP contribution in [0.25, 0.3) is 0 Å². The number of H-pyrrole nitrogens is 1. The normalized spacial score (nSPS) is 14.1. The maximum atomic E-state index is 12.9. The average Bonchev–Trinajstić information content (AvgIpc) is 3.31. The Kier molecular flexibility index (Phi) is 13.0. The van der Waals surface area contributed by atoms with E-state index < -0.39 is 72.6 Å². The molecule has 0 saturated heterocycles. The van der Waals surface area contributed by atoms with E-state index >= 15 is 0 Å². The van der Waals surface area contributed by atoms with Gasteiger partial charge in [0.2, 0.25) is 23.6 Å². The molecule has 0 radical (unpaired) electrons. The fraction of sp³-hybridized carbons (Fsp3) is 0.550. The number of nitrogens with two attached hydrogens (primary N) is 2. The van der Waals surface area contributed by atoms with Crippen LogP contribution >= 0.6 is 11.8 Å². The van der Waals surface area contributed by atoms with Crippen molar-refractivity contribution in [2.45, 2.75) is 56.3 Å². The lowest BCUT2D eigenvalue weighted by Gasteiger charge is -2.24. The number of aromatic nitrogens is 2. The van der Waals surface area contributed by atoms with Crippen LogP contribution in [0.2, 0.25) is 0 Å². The summed E-state index contributed by atoms with van der Waals surface area (Å²) >= 11 is 1.46. The van der Waals surface area contributed by atoms with E-state index in [0.717, 1.165) is 0 Å². The summed E-state index contributed by atoms with van der Waals surface area (Å²) in [6.45, 7) is 0. The Morgan fingerprint density at radius 3 is 2.14 bits per heavy atom. The zero-order chi connectivity index (χ0) is 27.3. The van der Waals surface area contributed by atoms with Gasteiger partial charge < -0.3 is 42.6 Å². The summed E-state index contributed by atoms with van der Waals surface area (Å²) in [7, 11) is 0. The smallest absolute Gasteiger partial charge is 0.326 e. The summed E-state index contributed by atoms with van der Waals surface area (Å²) in [6.07, 6.45) is 3.15. The number of carbonyl (C=O) groups excluding carboxylic acids is 4. The van der Waals surface area contributed by atoms with E-state index in [-0.39, 0.29) is 12.8 Å². The van der Waals surface area contributed by atoms with E-state index in [4.69, 9.17) is 16.6 Å². The second kappa shape index (κ2) is 15.4. The molecule has 0 bridgehead atoms. The van der Waals surface area contributed by atoms with Gasteiger partial charge in [-0.3, -0.25) is 24.0 Å². The van der Waals surface area contributed by atoms with E-state index in [1.54, 1.807) is 0 Å². The third-order valence-corrected chi connectivity index (χ3v) is 5.53. The van der Waals surface area contributed by atoms with Gasteiger partial charge in [0.25, 0.3) is 0 Å². The van der Waals surface area contributed by atoms with Gasteiger partial charge in [-0.2, -0.15) is 11.8 Å². The number of amides is 4. The Hall–Kier alpha value is -3.66. The largest absolute Gasteiger partial charge is 0.481 e. The molecular weight excluding hydrogens is 498 g/mol. The van der Waals surface area contributed by atoms with Crippen LogP contribution in [0.15, 0.2) is 12.5 Å². The average molecular weight is 530 g/mol. The molecule has 1 aromatic rings. The molecule has 4 unspecified atom stereocenters. The number of thioether (sulfide) groups is 1. The van der Waals surface area contributed by atoms with E-state index in [0.29, 0.717) is 17.9 Å². The van der Waals surface area contributed by atoms with Crippen molar-refractivity contribution in [2.24, 2.45) is 11.5 Å². The predicted molar refractivity (Wildman–Crippen MR) is 127 cm³/mol. The van der Waals surface area contributed by atoms with Gasteiger partial charge in [-0.05, 0) is 24.9 Å². The number of rotatable bonds is 17. The van der Waals surface area contributed by atoms with Crippen LogP contribution in [-0.4, -0.2) is 91.9 Å². The second-order valence-electron chi connectivity index (χ2n) is 7.79. The molecule has 0 aromatic carbocycles. The topological polar surface area (TPSA) is 260 Å². The first-order valence-electron chi connectivity index (χ1n) is 10.8. The molecule has 1 heterocycles. The maximum absolute atomic E-state index is 12.9. The number of carboxylic acids is 2. The molecule has 4 amide bonds. The Bertz CT molecular complexity index is 927. The number of carboxylic acid groups (broad SMARTS) is 2. The predicted octanol–water partition coefficient (Wildman–Crippen LogP) is -2.69. The van der Waals surface area contributed by atoms with Gasteiger partial charge in [0, 0.05) is 24.7 Å². The highest BCUT2D eigenvalue weighted by atomic mass is 32.2. The monoisotopic (exact) mass is 529 g/mol. The molecule has 15 nitrogen and oxygen atoms in total. The number of primary amides is 1. The summed E-state index contributed by atoms with van der Waals surface area (Å²) in [5.41, 5.74) is 11.4. The minimum atomic E-state index is -1.59. The van der Waals surface area contributed by atoms with Crippen molar-refractivity contribution in [3.8, 4) is 0 Å². The molecule has 0 spiro atoms. The standard InChI is InChI=1S/C20H31N7O8S/c1-36-5-4-11(21)17(31)25-12(2-3-16(29)30)18(32)26-13(7-15(22)28)19(33)27-14(20(34)35)6-10-8-23-9-24-10/h8-9,11-14H,2-7,21H2,1H3,(H2,22,28)(H,23,24)(H,25,31)(H,26,32)(H,27,33)(H,29,30)(H,34,35). The third kappa shape index (κ3) is 11.2. The van der Waals surface area contributed by atoms with Gasteiger partial charge in [0.05, 0.1) is 18.8 Å². The molecule has 4 atom stereocenters. The van der Waals surface area contributed by atoms with E-state index in [2.05, 4.69) is 25.9 Å². The van der Waals surface area contributed by atoms with E-state index in [9.17, 15) is 33.9 Å². The molecule has 1 aromatic heterocycles. The summed E-state index contributed by atoms with van der Waals surface area (Å²) in [5.74, 6) is -5.70. The van der Waals surface area contributed by atoms with Crippen molar-refractivity contribution in [3.63, 3.8) is 0 Å². The lowest BCUT2D eigenvalue weighted by molar-refractivity contribution is -0.142. The number of imidazole rings is 1. The van der Waals surface area contributed by atoms with Crippen LogP contribution in [0.5, 0.6) is 0 Å². The molecule has 0 aliphatic carbocycles. The van der Waals surface area contributed by atoms with Gasteiger partial charge in [0.1, 0.15) is 18.1 Å². The minimum Gasteiger partial charge on any atom is -0.481 e. The molecule has 0 aliphatic rings. The second-order valence-corrected chi connectivity index (χ2v) is 8.78. The van der Waals surface area contributed by atoms with Crippen LogP contribution in [0.1, 0.15) is 31.4 Å². The molecule has 36 heavy (non-hydrogen) atoms. The van der Waals surface area contributed by atoms with E-state index in [1.165, 1.54) is 24.3 Å². The highest BCUT2D eigenvalue weighted by molar-refractivity contribution is 7.98. The zero-order valence-corrected chi connectivity index (χ0v) is 20.4. The van der Waals surface area contributed by atoms with Crippen molar-refractivity contribution in [1.82, 2.24) is 25.9 Å². The van der Waals surface area contributed by atoms with Crippen molar-refractivity contribution < 1.29 is 39.0 Å². The van der Waals surface area contributed by atoms with Crippen LogP contribution in [0.3, 0.4) is 0 Å². The molecular formula is C20H31N7O8S. The number of aromatic amines is 1. The Morgan fingerprint density at radius 1 is 1.00 bits per heavy atom. The zero-order valence-electron chi connectivity index (χ0n) is 19.6. The van der Waals surface area contributed by atoms with Crippen LogP contribution in [-0.2, 0) is 35.2 Å². The minimum absolute atomic E-state index is 0.163. The molecule has 1 rings (SSSR count). The number of hydrogen-bond donors (Lipinski definition) is 8. The van der Waals surface area contributed by atoms with Crippen molar-refractivity contribution >= 4 is 47.3 Å². The van der Waals surface area contributed by atoms with Gasteiger partial charge in [-0.15, -0.1) is 0 Å². The summed E-state index contributed by atoms with van der Waals surface area (Å²) < 4.78 is 0. The number of aliphatic carboxylic acids is 2. The van der Waals surface area contributed by atoms with Crippen molar-refractivity contribution in [3.05, 3.63) is 18.2 Å². The maximum Gasteiger partial charge on any atom is 0.326 e.